The van der Waals surface area contributed by atoms with Gasteiger partial charge in [-0.2, -0.15) is 5.10 Å². The second-order valence-electron chi connectivity index (χ2n) is 11.4. The average Bonchev–Trinajstić information content (AvgIpc) is 3.20. The van der Waals surface area contributed by atoms with E-state index in [1.807, 2.05) is 42.5 Å². The first kappa shape index (κ1) is 50.1. The Balaban J connectivity index is 0. The minimum Gasteiger partial charge on any atom is -0.494 e. The molecule has 1 aromatic heterocycles. The maximum atomic E-state index is 11.0. The molecule has 1 atom stereocenters. The average molecular weight is 735 g/mol. The number of unbranched alkanes of at least 4 members (excludes halogenated alkanes) is 5. The zero-order chi connectivity index (χ0) is 40.0. The van der Waals surface area contributed by atoms with E-state index < -0.39 is 0 Å². The highest BCUT2D eigenvalue weighted by Gasteiger charge is 2.04. The smallest absolute Gasteiger partial charge is 0.233 e. The second-order valence-corrected chi connectivity index (χ2v) is 11.4. The summed E-state index contributed by atoms with van der Waals surface area (Å²) in [4.78, 5) is 40.1. The van der Waals surface area contributed by atoms with Crippen LogP contribution in [0, 0.1) is 0 Å². The molecule has 0 saturated carbocycles. The molecular formula is C43H62N2O8. The first-order valence-electron chi connectivity index (χ1n) is 18.1. The van der Waals surface area contributed by atoms with Crippen molar-refractivity contribution in [3.05, 3.63) is 103 Å². The number of hydrogen-bond donors (Lipinski definition) is 0. The van der Waals surface area contributed by atoms with Gasteiger partial charge in [0, 0.05) is 37.3 Å². The minimum atomic E-state index is 0.0756. The second kappa shape index (κ2) is 36.8. The van der Waals surface area contributed by atoms with Gasteiger partial charge in [0.1, 0.15) is 30.4 Å². The van der Waals surface area contributed by atoms with Gasteiger partial charge in [-0.15, -0.1) is 11.7 Å². The van der Waals surface area contributed by atoms with Crippen LogP contribution in [0.2, 0.25) is 0 Å². The molecule has 0 fully saturated rings. The number of Topliss-reactive ketones (excluding diaryl/α,β-unsaturated/α-hetero) is 1. The first-order valence-corrected chi connectivity index (χ1v) is 18.1. The van der Waals surface area contributed by atoms with E-state index in [1.165, 1.54) is 18.9 Å². The molecule has 0 aliphatic carbocycles. The molecule has 0 spiro atoms. The molecule has 0 saturated heterocycles. The number of nitrogens with zero attached hydrogens (tertiary/aromatic N) is 2. The summed E-state index contributed by atoms with van der Waals surface area (Å²) < 4.78 is 20.9. The highest BCUT2D eigenvalue weighted by Crippen LogP contribution is 2.16. The molecule has 10 heteroatoms. The maximum absolute atomic E-state index is 11.0. The summed E-state index contributed by atoms with van der Waals surface area (Å²) in [5, 5.41) is 7.94. The normalized spacial score (nSPS) is 9.92. The predicted molar refractivity (Wildman–Crippen MR) is 214 cm³/mol. The van der Waals surface area contributed by atoms with Crippen molar-refractivity contribution < 1.29 is 38.1 Å². The van der Waals surface area contributed by atoms with Crippen molar-refractivity contribution in [3.8, 4) is 17.4 Å². The predicted octanol–water partition coefficient (Wildman–Crippen LogP) is 9.67. The molecule has 1 heterocycles. The monoisotopic (exact) mass is 734 g/mol. The number of aldehydes is 3. The molecule has 10 nitrogen and oxygen atoms in total. The van der Waals surface area contributed by atoms with Crippen molar-refractivity contribution in [2.45, 2.75) is 91.4 Å². The summed E-state index contributed by atoms with van der Waals surface area (Å²) in [7, 11) is 3.29. The molecule has 0 aliphatic heterocycles. The van der Waals surface area contributed by atoms with E-state index >= 15 is 0 Å². The van der Waals surface area contributed by atoms with Crippen LogP contribution in [0.3, 0.4) is 0 Å². The third-order valence-corrected chi connectivity index (χ3v) is 7.12. The highest BCUT2D eigenvalue weighted by molar-refractivity contribution is 5.94. The fraction of sp³-hybridized carbons (Fsp3) is 0.442. The van der Waals surface area contributed by atoms with Gasteiger partial charge in [-0.05, 0) is 112 Å². The fourth-order valence-electron chi connectivity index (χ4n) is 3.77. The Morgan fingerprint density at radius 2 is 1.32 bits per heavy atom. The van der Waals surface area contributed by atoms with Crippen LogP contribution in [0.15, 0.2) is 86.0 Å². The van der Waals surface area contributed by atoms with Crippen LogP contribution < -0.4 is 14.2 Å². The van der Waals surface area contributed by atoms with Gasteiger partial charge in [0.15, 0.2) is 5.78 Å². The Hall–Kier alpha value is -4.96. The lowest BCUT2D eigenvalue weighted by Crippen LogP contribution is -2.00. The lowest BCUT2D eigenvalue weighted by Gasteiger charge is -2.06. The quantitative estimate of drug-likeness (QED) is 0.0343. The van der Waals surface area contributed by atoms with Crippen molar-refractivity contribution in [3.63, 3.8) is 0 Å². The Kier molecular flexibility index (Phi) is 34.8. The van der Waals surface area contributed by atoms with Crippen molar-refractivity contribution in [1.82, 2.24) is 10.2 Å². The van der Waals surface area contributed by atoms with Crippen LogP contribution >= 0.6 is 0 Å². The molecule has 1 unspecified atom stereocenters. The topological polar surface area (TPSA) is 131 Å². The van der Waals surface area contributed by atoms with E-state index in [0.29, 0.717) is 42.2 Å². The number of methoxy groups -OCH3 is 2. The summed E-state index contributed by atoms with van der Waals surface area (Å²) in [6, 6.07) is 18.2. The molecule has 3 rings (SSSR count). The Labute approximate surface area is 318 Å². The van der Waals surface area contributed by atoms with Gasteiger partial charge in [0.05, 0.1) is 26.0 Å². The maximum Gasteiger partial charge on any atom is 0.233 e. The summed E-state index contributed by atoms with van der Waals surface area (Å²) in [6.45, 7) is 16.8. The van der Waals surface area contributed by atoms with Crippen molar-refractivity contribution in [1.29, 1.82) is 0 Å². The summed E-state index contributed by atoms with van der Waals surface area (Å²) in [6.07, 6.45) is 14.6. The van der Waals surface area contributed by atoms with Gasteiger partial charge in [0.25, 0.3) is 0 Å². The lowest BCUT2D eigenvalue weighted by molar-refractivity contribution is -0.108. The van der Waals surface area contributed by atoms with E-state index in [0.717, 1.165) is 81.5 Å². The zero-order valence-electron chi connectivity index (χ0n) is 32.8. The molecule has 0 aliphatic rings. The fourth-order valence-corrected chi connectivity index (χ4v) is 3.77. The van der Waals surface area contributed by atoms with Crippen LogP contribution in [-0.4, -0.2) is 68.9 Å². The minimum absolute atomic E-state index is 0.0756. The summed E-state index contributed by atoms with van der Waals surface area (Å²) >= 11 is 0. The SMILES string of the molecule is C=CC=O.C=CCCCC=O.CCC(C)c1ccc(OC)nn1.CCCCCOc1ccc(C=O)cc1.COCCCCOc1ccc(C(C)=O)cc1. The first-order chi connectivity index (χ1) is 25.7. The van der Waals surface area contributed by atoms with E-state index in [1.54, 1.807) is 45.4 Å². The number of aromatic nitrogens is 2. The van der Waals surface area contributed by atoms with Crippen molar-refractivity contribution in [2.75, 3.05) is 34.0 Å². The summed E-state index contributed by atoms with van der Waals surface area (Å²) in [5.74, 6) is 2.77. The molecule has 2 aromatic carbocycles. The number of rotatable bonds is 21. The molecule has 292 valence electrons. The Morgan fingerprint density at radius 3 is 1.74 bits per heavy atom. The molecular weight excluding hydrogens is 672 g/mol. The van der Waals surface area contributed by atoms with Gasteiger partial charge in [-0.25, -0.2) is 0 Å². The number of allylic oxidation sites excluding steroid dienone is 2. The van der Waals surface area contributed by atoms with E-state index in [9.17, 15) is 14.4 Å². The third kappa shape index (κ3) is 29.3. The van der Waals surface area contributed by atoms with Crippen molar-refractivity contribution in [2.24, 2.45) is 0 Å². The summed E-state index contributed by atoms with van der Waals surface area (Å²) in [5.41, 5.74) is 2.43. The van der Waals surface area contributed by atoms with E-state index in [-0.39, 0.29) is 5.78 Å². The number of ketones is 1. The standard InChI is InChI=1S/C13H18O3.C12H16O2.C9H14N2O.C6H10O.C3H4O/c1-11(14)12-5-7-13(8-6-12)16-10-4-3-9-15-2;1-2-3-4-9-14-12-7-5-11(10-13)6-8-12;1-4-7(2)8-5-6-9(12-3)11-10-8;1-2-3-4-5-6-7;1-2-3-4/h5-8H,3-4,9-10H2,1-2H3;5-8,10H,2-4,9H2,1H3;5-7H,4H2,1-3H3;2,6H,1,3-5H2;2-3H,1H2. The number of benzene rings is 2. The lowest BCUT2D eigenvalue weighted by atomic mass is 10.1. The third-order valence-electron chi connectivity index (χ3n) is 7.12. The van der Waals surface area contributed by atoms with E-state index in [4.69, 9.17) is 23.7 Å². The van der Waals surface area contributed by atoms with Crippen LogP contribution in [0.1, 0.15) is 118 Å². The Bertz CT molecular complexity index is 1330. The van der Waals surface area contributed by atoms with E-state index in [2.05, 4.69) is 44.1 Å². The zero-order valence-corrected chi connectivity index (χ0v) is 32.8. The van der Waals surface area contributed by atoms with Gasteiger partial charge in [-0.3, -0.25) is 14.4 Å². The van der Waals surface area contributed by atoms with Gasteiger partial charge >= 0.3 is 0 Å². The molecule has 3 aromatic rings. The molecule has 0 amide bonds. The van der Waals surface area contributed by atoms with Gasteiger partial charge in [0.2, 0.25) is 5.88 Å². The number of ether oxygens (including phenoxy) is 4. The molecule has 0 N–H and O–H groups in total. The highest BCUT2D eigenvalue weighted by atomic mass is 16.5. The number of carbonyl (C=O) groups excluding carboxylic acids is 4. The molecule has 0 bridgehead atoms. The van der Waals surface area contributed by atoms with Crippen molar-refractivity contribution >= 4 is 24.6 Å². The Morgan fingerprint density at radius 1 is 0.755 bits per heavy atom. The van der Waals surface area contributed by atoms with Crippen LogP contribution in [-0.2, 0) is 14.3 Å². The van der Waals surface area contributed by atoms with Crippen LogP contribution in [0.4, 0.5) is 0 Å². The van der Waals surface area contributed by atoms with Crippen LogP contribution in [0.5, 0.6) is 17.4 Å². The molecule has 53 heavy (non-hydrogen) atoms. The number of carbonyl (C=O) groups is 4. The van der Waals surface area contributed by atoms with Crippen LogP contribution in [0.25, 0.3) is 0 Å². The van der Waals surface area contributed by atoms with Gasteiger partial charge in [-0.1, -0.05) is 46.3 Å². The molecule has 0 radical (unpaired) electrons. The van der Waals surface area contributed by atoms with Gasteiger partial charge < -0.3 is 23.7 Å². The largest absolute Gasteiger partial charge is 0.494 e. The number of hydrogen-bond acceptors (Lipinski definition) is 10.